The maximum Gasteiger partial charge on any atom is 0.326 e. The van der Waals surface area contributed by atoms with Crippen LogP contribution in [-0.2, 0) is 54.3 Å². The normalized spacial score (nSPS) is 18.4. The van der Waals surface area contributed by atoms with Crippen LogP contribution in [0.25, 0.3) is 0 Å². The molecule has 1 fully saturated rings. The van der Waals surface area contributed by atoms with Crippen LogP contribution in [0.3, 0.4) is 0 Å². The van der Waals surface area contributed by atoms with Crippen LogP contribution >= 0.6 is 0 Å². The molecule has 1 aromatic rings. The molecule has 412 valence electrons. The molecule has 2 aliphatic heterocycles. The molecule has 0 bridgehead atoms. The van der Waals surface area contributed by atoms with Crippen molar-refractivity contribution in [2.24, 2.45) is 22.7 Å². The van der Waals surface area contributed by atoms with Gasteiger partial charge in [-0.15, -0.1) is 0 Å². The van der Waals surface area contributed by atoms with Gasteiger partial charge in [-0.1, -0.05) is 64.1 Å². The number of aliphatic imine (C=N–C) groups is 1. The number of carboxylic acids is 1. The van der Waals surface area contributed by atoms with Gasteiger partial charge < -0.3 is 71.6 Å². The summed E-state index contributed by atoms with van der Waals surface area (Å²) in [5, 5.41) is 56.8. The van der Waals surface area contributed by atoms with Crippen LogP contribution in [0.5, 0.6) is 5.75 Å². The molecule has 0 radical (unpaired) electrons. The Morgan fingerprint density at radius 2 is 1.46 bits per heavy atom. The first-order valence-electron chi connectivity index (χ1n) is 25.2. The standard InChI is InChI=1S/C51H79N9O14/c1-31(2)25-37(54-42(64)30-74-24-23-73-22-20-52-6)45(65)58-44(33(5)62)48(68)57-43(32(3)4)47(67)56-39(29-61)49(69)60-21-12-14-40(60)50(70)59(7)41(27-35-13-10-8-9-11-19-53-28-35)46(66)55-38(51(71)72)26-34-15-17-36(63)18-16-34/h8-11,15-18,28,31-33,35,37-41,43-44,52,61-63H,12-14,19-27,29-30H2,1-7H3,(H,54,64)(H,55,66)(H,56,67)(H,57,68)(H,58,65)(H,71,72). The summed E-state index contributed by atoms with van der Waals surface area (Å²) in [4.78, 5) is 116. The third-order valence-corrected chi connectivity index (χ3v) is 12.4. The molecule has 0 saturated carbocycles. The lowest BCUT2D eigenvalue weighted by atomic mass is 9.94. The number of phenolic OH excluding ortho intramolecular Hbond substituents is 1. The van der Waals surface area contributed by atoms with E-state index in [1.807, 2.05) is 38.2 Å². The maximum absolute atomic E-state index is 14.5. The van der Waals surface area contributed by atoms with Gasteiger partial charge in [-0.2, -0.15) is 0 Å². The second kappa shape index (κ2) is 32.1. The molecule has 0 spiro atoms. The van der Waals surface area contributed by atoms with Crippen LogP contribution in [0.15, 0.2) is 53.6 Å². The fourth-order valence-electron chi connectivity index (χ4n) is 8.28. The highest BCUT2D eigenvalue weighted by atomic mass is 16.5. The number of amides is 7. The van der Waals surface area contributed by atoms with Gasteiger partial charge in [0.1, 0.15) is 54.6 Å². The van der Waals surface area contributed by atoms with Gasteiger partial charge in [0, 0.05) is 32.8 Å². The fourth-order valence-corrected chi connectivity index (χ4v) is 8.28. The molecule has 1 aromatic carbocycles. The van der Waals surface area contributed by atoms with Gasteiger partial charge in [0.15, 0.2) is 0 Å². The van der Waals surface area contributed by atoms with Crippen molar-refractivity contribution in [1.29, 1.82) is 0 Å². The number of carboxylic acid groups (broad SMARTS) is 1. The van der Waals surface area contributed by atoms with Gasteiger partial charge in [0.05, 0.1) is 39.1 Å². The Hall–Kier alpha value is -6.27. The van der Waals surface area contributed by atoms with Crippen molar-refractivity contribution in [3.05, 3.63) is 54.1 Å². The van der Waals surface area contributed by atoms with E-state index >= 15 is 0 Å². The number of aromatic hydroxyl groups is 1. The number of hydrogen-bond donors (Lipinski definition) is 10. The Labute approximate surface area is 433 Å². The number of aliphatic hydroxyl groups excluding tert-OH is 2. The number of aliphatic carboxylic acids is 1. The molecular weight excluding hydrogens is 963 g/mol. The number of allylic oxidation sites excluding steroid dienone is 3. The van der Waals surface area contributed by atoms with E-state index in [1.165, 1.54) is 48.0 Å². The van der Waals surface area contributed by atoms with Crippen molar-refractivity contribution in [2.75, 3.05) is 66.8 Å². The summed E-state index contributed by atoms with van der Waals surface area (Å²) < 4.78 is 10.7. The van der Waals surface area contributed by atoms with Crippen molar-refractivity contribution in [1.82, 2.24) is 41.7 Å². The highest BCUT2D eigenvalue weighted by molar-refractivity contribution is 5.98. The van der Waals surface area contributed by atoms with Gasteiger partial charge in [-0.05, 0) is 81.5 Å². The Morgan fingerprint density at radius 3 is 2.09 bits per heavy atom. The first-order valence-corrected chi connectivity index (χ1v) is 25.2. The van der Waals surface area contributed by atoms with Crippen LogP contribution in [0.2, 0.25) is 0 Å². The number of aliphatic hydroxyl groups is 2. The molecule has 23 nitrogen and oxygen atoms in total. The lowest BCUT2D eigenvalue weighted by Crippen LogP contribution is -2.62. The first kappa shape index (κ1) is 62.0. The van der Waals surface area contributed by atoms with E-state index in [0.29, 0.717) is 38.1 Å². The van der Waals surface area contributed by atoms with Crippen molar-refractivity contribution in [3.8, 4) is 5.75 Å². The van der Waals surface area contributed by atoms with Crippen molar-refractivity contribution < 1.29 is 68.3 Å². The molecule has 74 heavy (non-hydrogen) atoms. The zero-order valence-electron chi connectivity index (χ0n) is 43.7. The van der Waals surface area contributed by atoms with Crippen LogP contribution in [-0.4, -0.2) is 199 Å². The van der Waals surface area contributed by atoms with E-state index in [1.54, 1.807) is 27.1 Å². The molecule has 7 amide bonds. The molecule has 10 N–H and O–H groups in total. The maximum atomic E-state index is 14.5. The molecule has 2 heterocycles. The molecular formula is C51H79N9O14. The van der Waals surface area contributed by atoms with Crippen molar-refractivity contribution in [3.63, 3.8) is 0 Å². The van der Waals surface area contributed by atoms with Crippen LogP contribution in [0.4, 0.5) is 0 Å². The number of likely N-dealkylation sites (N-methyl/N-ethyl adjacent to an activating group) is 2. The zero-order chi connectivity index (χ0) is 54.9. The lowest BCUT2D eigenvalue weighted by molar-refractivity contribution is -0.149. The number of nitrogens with zero attached hydrogens (tertiary/aromatic N) is 3. The lowest BCUT2D eigenvalue weighted by Gasteiger charge is -2.35. The summed E-state index contributed by atoms with van der Waals surface area (Å²) >= 11 is 0. The number of ether oxygens (including phenoxy) is 2. The van der Waals surface area contributed by atoms with E-state index in [4.69, 9.17) is 9.47 Å². The number of carbonyl (C=O) groups is 8. The molecule has 3 rings (SSSR count). The largest absolute Gasteiger partial charge is 0.508 e. The van der Waals surface area contributed by atoms with E-state index < -0.39 is 108 Å². The second-order valence-electron chi connectivity index (χ2n) is 19.2. The van der Waals surface area contributed by atoms with Gasteiger partial charge in [-0.3, -0.25) is 38.6 Å². The number of rotatable bonds is 30. The Kier molecular flexibility index (Phi) is 26.9. The summed E-state index contributed by atoms with van der Waals surface area (Å²) in [6.07, 6.45) is 8.63. The number of phenols is 1. The molecule has 0 aromatic heterocycles. The summed E-state index contributed by atoms with van der Waals surface area (Å²) in [5.74, 6) is -7.90. The Bertz CT molecular complexity index is 2100. The topological polar surface area (TPSA) is 327 Å². The van der Waals surface area contributed by atoms with Crippen LogP contribution in [0, 0.1) is 17.8 Å². The predicted molar refractivity (Wildman–Crippen MR) is 273 cm³/mol. The fraction of sp³-hybridized carbons (Fsp3) is 0.627. The van der Waals surface area contributed by atoms with Crippen molar-refractivity contribution >= 4 is 53.5 Å². The van der Waals surface area contributed by atoms with E-state index in [2.05, 4.69) is 36.9 Å². The third kappa shape index (κ3) is 20.6. The molecule has 2 aliphatic rings. The van der Waals surface area contributed by atoms with E-state index in [0.717, 1.165) is 0 Å². The van der Waals surface area contributed by atoms with Gasteiger partial charge in [0.25, 0.3) is 0 Å². The minimum atomic E-state index is -1.60. The highest BCUT2D eigenvalue weighted by Crippen LogP contribution is 2.24. The summed E-state index contributed by atoms with van der Waals surface area (Å²) in [6.45, 7) is 8.76. The summed E-state index contributed by atoms with van der Waals surface area (Å²) in [6, 6.07) is -3.67. The van der Waals surface area contributed by atoms with Crippen molar-refractivity contribution in [2.45, 2.75) is 122 Å². The minimum absolute atomic E-state index is 0.0231. The summed E-state index contributed by atoms with van der Waals surface area (Å²) in [5.41, 5.74) is 0.521. The first-order chi connectivity index (χ1) is 35.2. The number of nitrogens with one attached hydrogen (secondary N) is 6. The second-order valence-corrected chi connectivity index (χ2v) is 19.2. The Morgan fingerprint density at radius 1 is 0.811 bits per heavy atom. The number of hydrogen-bond acceptors (Lipinski definition) is 15. The summed E-state index contributed by atoms with van der Waals surface area (Å²) in [7, 11) is 3.17. The van der Waals surface area contributed by atoms with Gasteiger partial charge in [0.2, 0.25) is 41.4 Å². The minimum Gasteiger partial charge on any atom is -0.508 e. The number of carbonyl (C=O) groups excluding carboxylic acids is 7. The molecule has 9 atom stereocenters. The highest BCUT2D eigenvalue weighted by Gasteiger charge is 2.43. The molecule has 0 aliphatic carbocycles. The third-order valence-electron chi connectivity index (χ3n) is 12.4. The average Bonchev–Trinajstić information content (AvgIpc) is 3.89. The SMILES string of the molecule is CNCCOCCOCC(=O)NC(CC(C)C)C(=O)NC(C(=O)NC(C(=O)NC(CO)C(=O)N1CCCC1C(=O)N(C)C(CC1C=NCC=CC=CC1)C(=O)NC(Cc1ccc(O)cc1)C(=O)O)C(C)C)C(C)O. The Balaban J connectivity index is 1.77. The monoisotopic (exact) mass is 1040 g/mol. The van der Waals surface area contributed by atoms with Gasteiger partial charge in [-0.25, -0.2) is 4.79 Å². The number of benzene rings is 1. The molecule has 9 unspecified atom stereocenters. The smallest absolute Gasteiger partial charge is 0.326 e. The van der Waals surface area contributed by atoms with Gasteiger partial charge >= 0.3 is 5.97 Å². The quantitative estimate of drug-likeness (QED) is 0.0421. The number of likely N-dealkylation sites (tertiary alicyclic amines) is 1. The predicted octanol–water partition coefficient (Wildman–Crippen LogP) is -0.818. The van der Waals surface area contributed by atoms with E-state index in [9.17, 15) is 58.8 Å². The van der Waals surface area contributed by atoms with Crippen LogP contribution in [0.1, 0.15) is 72.3 Å². The average molecular weight is 1040 g/mol. The molecule has 23 heteroatoms. The zero-order valence-corrected chi connectivity index (χ0v) is 43.7. The molecule has 1 saturated heterocycles. The van der Waals surface area contributed by atoms with E-state index in [-0.39, 0.29) is 69.6 Å². The van der Waals surface area contributed by atoms with Crippen LogP contribution < -0.4 is 31.9 Å².